The fourth-order valence-corrected chi connectivity index (χ4v) is 3.06. The van der Waals surface area contributed by atoms with Gasteiger partial charge in [-0.25, -0.2) is 9.78 Å². The fourth-order valence-electron chi connectivity index (χ4n) is 3.06. The smallest absolute Gasteiger partial charge is 0.339 e. The van der Waals surface area contributed by atoms with Crippen molar-refractivity contribution >= 4 is 11.8 Å². The maximum atomic E-state index is 11.6. The Kier molecular flexibility index (Phi) is 3.87. The third-order valence-corrected chi connectivity index (χ3v) is 4.11. The molecular formula is C15H21N3O2. The number of pyridine rings is 1. The van der Waals surface area contributed by atoms with Crippen LogP contribution in [0.5, 0.6) is 0 Å². The summed E-state index contributed by atoms with van der Waals surface area (Å²) in [5.74, 6) is 0.649. The molecule has 3 rings (SSSR count). The minimum atomic E-state index is -0.303. The van der Waals surface area contributed by atoms with Gasteiger partial charge >= 0.3 is 5.97 Å². The maximum absolute atomic E-state index is 11.6. The van der Waals surface area contributed by atoms with Gasteiger partial charge in [-0.3, -0.25) is 0 Å². The predicted octanol–water partition coefficient (Wildman–Crippen LogP) is 1.59. The Labute approximate surface area is 119 Å². The maximum Gasteiger partial charge on any atom is 0.339 e. The molecule has 2 fully saturated rings. The molecule has 3 heterocycles. The quantitative estimate of drug-likeness (QED) is 0.849. The van der Waals surface area contributed by atoms with E-state index in [1.807, 2.05) is 6.07 Å². The van der Waals surface area contributed by atoms with Gasteiger partial charge in [0.05, 0.1) is 12.2 Å². The van der Waals surface area contributed by atoms with Crippen molar-refractivity contribution in [3.8, 4) is 0 Å². The molecule has 108 valence electrons. The second-order valence-corrected chi connectivity index (χ2v) is 5.50. The third kappa shape index (κ3) is 2.77. The molecule has 1 N–H and O–H groups in total. The molecule has 2 bridgehead atoms. The number of rotatable bonds is 3. The molecular weight excluding hydrogens is 254 g/mol. The zero-order chi connectivity index (χ0) is 13.9. The van der Waals surface area contributed by atoms with E-state index in [1.165, 1.54) is 12.8 Å². The monoisotopic (exact) mass is 275 g/mol. The van der Waals surface area contributed by atoms with Gasteiger partial charge in [-0.1, -0.05) is 0 Å². The first-order valence-electron chi connectivity index (χ1n) is 7.40. The largest absolute Gasteiger partial charge is 0.462 e. The Bertz CT molecular complexity index is 475. The van der Waals surface area contributed by atoms with Crippen molar-refractivity contribution in [3.63, 3.8) is 0 Å². The van der Waals surface area contributed by atoms with E-state index in [0.29, 0.717) is 24.3 Å². The second kappa shape index (κ2) is 5.79. The molecule has 2 aliphatic heterocycles. The minimum Gasteiger partial charge on any atom is -0.462 e. The van der Waals surface area contributed by atoms with Crippen LogP contribution in [0.4, 0.5) is 5.82 Å². The van der Waals surface area contributed by atoms with Crippen LogP contribution in [-0.2, 0) is 4.74 Å². The molecule has 5 nitrogen and oxygen atoms in total. The lowest BCUT2D eigenvalue weighted by atomic mass is 10.1. The van der Waals surface area contributed by atoms with Gasteiger partial charge in [0.25, 0.3) is 0 Å². The summed E-state index contributed by atoms with van der Waals surface area (Å²) in [5, 5.41) is 3.66. The van der Waals surface area contributed by atoms with E-state index in [0.717, 1.165) is 25.3 Å². The second-order valence-electron chi connectivity index (χ2n) is 5.50. The third-order valence-electron chi connectivity index (χ3n) is 4.11. The SMILES string of the molecule is CCOC(=O)c1ccc(N2CCC3CCC(C2)N3)nc1. The molecule has 0 saturated carbocycles. The van der Waals surface area contributed by atoms with E-state index >= 15 is 0 Å². The van der Waals surface area contributed by atoms with Crippen molar-refractivity contribution < 1.29 is 9.53 Å². The number of esters is 1. The highest BCUT2D eigenvalue weighted by Crippen LogP contribution is 2.23. The minimum absolute atomic E-state index is 0.303. The van der Waals surface area contributed by atoms with Crippen LogP contribution in [0.1, 0.15) is 36.5 Å². The first-order valence-corrected chi connectivity index (χ1v) is 7.40. The Morgan fingerprint density at radius 2 is 2.25 bits per heavy atom. The highest BCUT2D eigenvalue weighted by atomic mass is 16.5. The van der Waals surface area contributed by atoms with Gasteiger partial charge in [0.2, 0.25) is 0 Å². The van der Waals surface area contributed by atoms with E-state index in [-0.39, 0.29) is 5.97 Å². The van der Waals surface area contributed by atoms with Gasteiger partial charge in [0.15, 0.2) is 0 Å². The van der Waals surface area contributed by atoms with Crippen molar-refractivity contribution in [2.24, 2.45) is 0 Å². The summed E-state index contributed by atoms with van der Waals surface area (Å²) in [6.07, 6.45) is 5.33. The predicted molar refractivity (Wildman–Crippen MR) is 77.0 cm³/mol. The number of nitrogens with zero attached hydrogens (tertiary/aromatic N) is 2. The molecule has 0 amide bonds. The highest BCUT2D eigenvalue weighted by molar-refractivity contribution is 5.89. The first kappa shape index (κ1) is 13.4. The Balaban J connectivity index is 1.69. The lowest BCUT2D eigenvalue weighted by molar-refractivity contribution is 0.0526. The van der Waals surface area contributed by atoms with Crippen LogP contribution in [0.25, 0.3) is 0 Å². The lowest BCUT2D eigenvalue weighted by Gasteiger charge is -2.25. The van der Waals surface area contributed by atoms with Crippen LogP contribution < -0.4 is 10.2 Å². The average Bonchev–Trinajstić information content (AvgIpc) is 2.79. The van der Waals surface area contributed by atoms with E-state index in [2.05, 4.69) is 15.2 Å². The Morgan fingerprint density at radius 1 is 1.40 bits per heavy atom. The topological polar surface area (TPSA) is 54.5 Å². The van der Waals surface area contributed by atoms with E-state index in [4.69, 9.17) is 4.74 Å². The van der Waals surface area contributed by atoms with Crippen LogP contribution in [0.2, 0.25) is 0 Å². The Morgan fingerprint density at radius 3 is 3.00 bits per heavy atom. The van der Waals surface area contributed by atoms with Crippen LogP contribution in [-0.4, -0.2) is 42.7 Å². The normalized spacial score (nSPS) is 25.4. The number of ether oxygens (including phenoxy) is 1. The molecule has 2 atom stereocenters. The summed E-state index contributed by atoms with van der Waals surface area (Å²) in [7, 11) is 0. The van der Waals surface area contributed by atoms with Gasteiger partial charge < -0.3 is 15.0 Å². The fraction of sp³-hybridized carbons (Fsp3) is 0.600. The van der Waals surface area contributed by atoms with Crippen molar-refractivity contribution in [1.29, 1.82) is 0 Å². The number of nitrogens with one attached hydrogen (secondary N) is 1. The zero-order valence-electron chi connectivity index (χ0n) is 11.8. The average molecular weight is 275 g/mol. The number of aromatic nitrogens is 1. The van der Waals surface area contributed by atoms with Crippen LogP contribution >= 0.6 is 0 Å². The molecule has 2 unspecified atom stereocenters. The van der Waals surface area contributed by atoms with Gasteiger partial charge in [-0.05, 0) is 38.3 Å². The summed E-state index contributed by atoms with van der Waals surface area (Å²) in [6, 6.07) is 4.97. The molecule has 5 heteroatoms. The summed E-state index contributed by atoms with van der Waals surface area (Å²) < 4.78 is 4.97. The van der Waals surface area contributed by atoms with Crippen LogP contribution in [0.15, 0.2) is 18.3 Å². The first-order chi connectivity index (χ1) is 9.76. The summed E-state index contributed by atoms with van der Waals surface area (Å²) >= 11 is 0. The standard InChI is InChI=1S/C15H21N3O2/c1-2-20-15(19)11-3-6-14(16-9-11)18-8-7-12-4-5-13(10-18)17-12/h3,6,9,12-13,17H,2,4-5,7-8,10H2,1H3. The molecule has 2 saturated heterocycles. The molecule has 1 aromatic heterocycles. The van der Waals surface area contributed by atoms with E-state index < -0.39 is 0 Å². The van der Waals surface area contributed by atoms with Crippen molar-refractivity contribution in [2.45, 2.75) is 38.3 Å². The zero-order valence-corrected chi connectivity index (χ0v) is 11.8. The molecule has 1 aromatic rings. The van der Waals surface area contributed by atoms with Crippen LogP contribution in [0, 0.1) is 0 Å². The van der Waals surface area contributed by atoms with Crippen molar-refractivity contribution in [3.05, 3.63) is 23.9 Å². The number of hydrogen-bond donors (Lipinski definition) is 1. The number of hydrogen-bond acceptors (Lipinski definition) is 5. The summed E-state index contributed by atoms with van der Waals surface area (Å²) in [6.45, 7) is 4.22. The number of carbonyl (C=O) groups excluding carboxylic acids is 1. The van der Waals surface area contributed by atoms with Crippen molar-refractivity contribution in [2.75, 3.05) is 24.6 Å². The lowest BCUT2D eigenvalue weighted by Crippen LogP contribution is -2.35. The molecule has 0 radical (unpaired) electrons. The molecule has 2 aliphatic rings. The van der Waals surface area contributed by atoms with Crippen LogP contribution in [0.3, 0.4) is 0 Å². The number of carbonyl (C=O) groups is 1. The van der Waals surface area contributed by atoms with Gasteiger partial charge in [-0.2, -0.15) is 0 Å². The number of anilines is 1. The van der Waals surface area contributed by atoms with Gasteiger partial charge in [0, 0.05) is 31.4 Å². The molecule has 0 aliphatic carbocycles. The Hall–Kier alpha value is -1.62. The van der Waals surface area contributed by atoms with E-state index in [1.54, 1.807) is 19.2 Å². The number of fused-ring (bicyclic) bond motifs is 2. The molecule has 0 aromatic carbocycles. The highest BCUT2D eigenvalue weighted by Gasteiger charge is 2.29. The molecule has 0 spiro atoms. The molecule has 20 heavy (non-hydrogen) atoms. The van der Waals surface area contributed by atoms with Gasteiger partial charge in [-0.15, -0.1) is 0 Å². The van der Waals surface area contributed by atoms with Gasteiger partial charge in [0.1, 0.15) is 5.82 Å². The van der Waals surface area contributed by atoms with E-state index in [9.17, 15) is 4.79 Å². The summed E-state index contributed by atoms with van der Waals surface area (Å²) in [5.41, 5.74) is 0.519. The summed E-state index contributed by atoms with van der Waals surface area (Å²) in [4.78, 5) is 18.3. The van der Waals surface area contributed by atoms with Crippen molar-refractivity contribution in [1.82, 2.24) is 10.3 Å².